The van der Waals surface area contributed by atoms with E-state index in [0.717, 1.165) is 0 Å². The van der Waals surface area contributed by atoms with E-state index in [-0.39, 0.29) is 41.8 Å². The van der Waals surface area contributed by atoms with Crippen molar-refractivity contribution in [3.63, 3.8) is 0 Å². The largest absolute Gasteiger partial charge is 1.00 e. The van der Waals surface area contributed by atoms with Crippen LogP contribution in [-0.2, 0) is 9.78 Å². The Bertz CT molecular complexity index is 103. The van der Waals surface area contributed by atoms with Crippen molar-refractivity contribution in [3.8, 4) is 0 Å². The van der Waals surface area contributed by atoms with Gasteiger partial charge in [0.25, 0.3) is 0 Å². The summed E-state index contributed by atoms with van der Waals surface area (Å²) in [4.78, 5) is 18.1. The number of hydrogen-bond donors (Lipinski definition) is 1. The topological polar surface area (TPSA) is 78.8 Å². The van der Waals surface area contributed by atoms with E-state index in [1.807, 2.05) is 27.7 Å². The molecule has 5 nitrogen and oxygen atoms in total. The molecule has 0 bridgehead atoms. The van der Waals surface area contributed by atoms with E-state index in [1.54, 1.807) is 0 Å². The Morgan fingerprint density at radius 1 is 1.15 bits per heavy atom. The molecule has 0 aliphatic carbocycles. The van der Waals surface area contributed by atoms with Crippen molar-refractivity contribution >= 4 is 6.16 Å². The number of carboxylic acid groups (broad SMARTS) is 2. The van der Waals surface area contributed by atoms with Gasteiger partial charge in [0.15, 0.2) is 0 Å². The van der Waals surface area contributed by atoms with Crippen LogP contribution in [0.25, 0.3) is 0 Å². The molecular weight excluding hydrogens is 187 g/mol. The van der Waals surface area contributed by atoms with Crippen LogP contribution in [-0.4, -0.2) is 23.5 Å². The van der Waals surface area contributed by atoms with Gasteiger partial charge in [0.1, 0.15) is 0 Å². The maximum absolute atomic E-state index is 8.44. The zero-order valence-corrected chi connectivity index (χ0v) is 10.7. The second-order valence-corrected chi connectivity index (χ2v) is 2.56. The van der Waals surface area contributed by atoms with Crippen LogP contribution in [0.3, 0.4) is 0 Å². The van der Waals surface area contributed by atoms with E-state index in [0.29, 0.717) is 0 Å². The third-order valence-corrected chi connectivity index (χ3v) is 0.440. The summed E-state index contributed by atoms with van der Waals surface area (Å²) in [7, 11) is 0. The number of hydrogen-bond acceptors (Lipinski definition) is 4. The predicted molar refractivity (Wildman–Crippen MR) is 40.5 cm³/mol. The summed E-state index contributed by atoms with van der Waals surface area (Å²) in [6.07, 6.45) is -1.75. The van der Waals surface area contributed by atoms with E-state index in [1.165, 1.54) is 0 Å². The van der Waals surface area contributed by atoms with Crippen molar-refractivity contribution in [1.82, 2.24) is 0 Å². The quantitative estimate of drug-likeness (QED) is 0.315. The van der Waals surface area contributed by atoms with Gasteiger partial charge in [-0.15, -0.1) is 0 Å². The Hall–Kier alpha value is 0.190. The molecule has 0 aliphatic rings. The summed E-state index contributed by atoms with van der Waals surface area (Å²) in [6.45, 7) is 7.73. The fraction of sp³-hybridized carbons (Fsp3) is 0.857. The van der Waals surface area contributed by atoms with E-state index in [9.17, 15) is 0 Å². The number of carbonyl (C=O) groups is 1. The van der Waals surface area contributed by atoms with Crippen molar-refractivity contribution in [3.05, 3.63) is 0 Å². The van der Waals surface area contributed by atoms with Gasteiger partial charge in [0.2, 0.25) is 6.16 Å². The molecular formula is C7H15NaO5. The summed E-state index contributed by atoms with van der Waals surface area (Å²) in [5.41, 5.74) is 0. The van der Waals surface area contributed by atoms with Gasteiger partial charge in [-0.25, -0.2) is 9.78 Å². The molecule has 0 aromatic rings. The summed E-state index contributed by atoms with van der Waals surface area (Å²) in [5, 5.41) is 15.3. The van der Waals surface area contributed by atoms with Crippen LogP contribution >= 0.6 is 0 Å². The molecule has 0 heterocycles. The zero-order chi connectivity index (χ0) is 10.1. The Morgan fingerprint density at radius 3 is 1.38 bits per heavy atom. The normalized spacial score (nSPS) is 8.77. The van der Waals surface area contributed by atoms with Crippen molar-refractivity contribution < 1.29 is 54.3 Å². The van der Waals surface area contributed by atoms with E-state index >= 15 is 0 Å². The molecule has 0 fully saturated rings. The molecule has 0 aromatic heterocycles. The van der Waals surface area contributed by atoms with Gasteiger partial charge in [-0.2, -0.15) is 0 Å². The molecule has 1 N–H and O–H groups in total. The minimum Gasteiger partial charge on any atom is -0.565 e. The van der Waals surface area contributed by atoms with Gasteiger partial charge in [-0.05, 0) is 27.7 Å². The van der Waals surface area contributed by atoms with Gasteiger partial charge >= 0.3 is 29.6 Å². The smallest absolute Gasteiger partial charge is 0.565 e. The summed E-state index contributed by atoms with van der Waals surface area (Å²) < 4.78 is 0. The predicted octanol–water partition coefficient (Wildman–Crippen LogP) is -2.36. The van der Waals surface area contributed by atoms with Crippen LogP contribution in [0.5, 0.6) is 0 Å². The molecule has 6 heteroatoms. The third-order valence-electron chi connectivity index (χ3n) is 0.440. The Kier molecular flexibility index (Phi) is 17.7. The second-order valence-electron chi connectivity index (χ2n) is 2.56. The maximum Gasteiger partial charge on any atom is 1.00 e. The minimum absolute atomic E-state index is 0. The molecule has 0 saturated carbocycles. The van der Waals surface area contributed by atoms with Crippen molar-refractivity contribution in [2.24, 2.45) is 0 Å². The van der Waals surface area contributed by atoms with Crippen LogP contribution in [0, 0.1) is 0 Å². The first-order chi connectivity index (χ1) is 5.36. The summed E-state index contributed by atoms with van der Waals surface area (Å²) in [5.74, 6) is 0. The molecule has 0 radical (unpaired) electrons. The fourth-order valence-electron chi connectivity index (χ4n) is 0.222. The van der Waals surface area contributed by atoms with Crippen molar-refractivity contribution in [2.45, 2.75) is 39.9 Å². The SMILES string of the molecule is CC(C)OOC(C)C.O=C([O-])O.[Na+]. The monoisotopic (exact) mass is 202 g/mol. The van der Waals surface area contributed by atoms with Crippen LogP contribution in [0.15, 0.2) is 0 Å². The van der Waals surface area contributed by atoms with Crippen LogP contribution < -0.4 is 34.7 Å². The second kappa shape index (κ2) is 12.2. The van der Waals surface area contributed by atoms with Crippen LogP contribution in [0.1, 0.15) is 27.7 Å². The van der Waals surface area contributed by atoms with Gasteiger partial charge in [0.05, 0.1) is 12.2 Å². The Morgan fingerprint density at radius 2 is 1.31 bits per heavy atom. The standard InChI is InChI=1S/C6H14O2.CH2O3.Na/c1-5(2)7-8-6(3)4;2-1(3)4;/h5-6H,1-4H3;(H2,2,3,4);/q;;+1/p-1. The molecule has 0 spiro atoms. The maximum atomic E-state index is 8.44. The molecule has 0 amide bonds. The molecule has 74 valence electrons. The van der Waals surface area contributed by atoms with Crippen LogP contribution in [0.4, 0.5) is 4.79 Å². The Balaban J connectivity index is -0.000000173. The third kappa shape index (κ3) is 47.0. The first-order valence-corrected chi connectivity index (χ1v) is 3.58. The van der Waals surface area contributed by atoms with Gasteiger partial charge < -0.3 is 15.0 Å². The van der Waals surface area contributed by atoms with Crippen molar-refractivity contribution in [1.29, 1.82) is 0 Å². The van der Waals surface area contributed by atoms with Gasteiger partial charge in [-0.3, -0.25) is 0 Å². The van der Waals surface area contributed by atoms with Gasteiger partial charge in [-0.1, -0.05) is 0 Å². The molecule has 0 aromatic carbocycles. The molecule has 13 heavy (non-hydrogen) atoms. The number of rotatable bonds is 3. The van der Waals surface area contributed by atoms with E-state index in [2.05, 4.69) is 0 Å². The van der Waals surface area contributed by atoms with E-state index in [4.69, 9.17) is 24.8 Å². The summed E-state index contributed by atoms with van der Waals surface area (Å²) >= 11 is 0. The van der Waals surface area contributed by atoms with Crippen molar-refractivity contribution in [2.75, 3.05) is 0 Å². The molecule has 0 unspecified atom stereocenters. The molecule has 0 saturated heterocycles. The Labute approximate surface area is 100 Å². The average Bonchev–Trinajstić information content (AvgIpc) is 1.82. The fourth-order valence-corrected chi connectivity index (χ4v) is 0.222. The van der Waals surface area contributed by atoms with Crippen LogP contribution in [0.2, 0.25) is 0 Å². The molecule has 0 aliphatic heterocycles. The minimum atomic E-state index is -2.08. The average molecular weight is 202 g/mol. The zero-order valence-electron chi connectivity index (χ0n) is 8.73. The van der Waals surface area contributed by atoms with Gasteiger partial charge in [0, 0.05) is 0 Å². The first-order valence-electron chi connectivity index (χ1n) is 3.58. The van der Waals surface area contributed by atoms with E-state index < -0.39 is 6.16 Å². The molecule has 0 atom stereocenters. The summed E-state index contributed by atoms with van der Waals surface area (Å²) in [6, 6.07) is 0. The molecule has 0 rings (SSSR count). The first kappa shape index (κ1) is 18.9.